The van der Waals surface area contributed by atoms with E-state index in [1.54, 1.807) is 18.2 Å². The molecule has 9 heteroatoms. The molecule has 2 rings (SSSR count). The molecule has 0 aliphatic carbocycles. The number of hydrazone groups is 1. The fourth-order valence-electron chi connectivity index (χ4n) is 1.22. The zero-order valence-corrected chi connectivity index (χ0v) is 11.8. The van der Waals surface area contributed by atoms with Crippen molar-refractivity contribution in [2.75, 3.05) is 11.5 Å². The number of nitrogens with two attached hydrogens (primary N) is 1. The van der Waals surface area contributed by atoms with Gasteiger partial charge in [-0.05, 0) is 17.7 Å². The van der Waals surface area contributed by atoms with Crippen molar-refractivity contribution in [1.82, 2.24) is 15.6 Å². The Hall–Kier alpha value is -2.13. The summed E-state index contributed by atoms with van der Waals surface area (Å²) in [4.78, 5) is 11.5. The van der Waals surface area contributed by atoms with Crippen molar-refractivity contribution >= 4 is 40.4 Å². The molecule has 0 bridgehead atoms. The minimum absolute atomic E-state index is 0.143. The van der Waals surface area contributed by atoms with Crippen LogP contribution in [0.4, 0.5) is 5.13 Å². The first-order valence-electron chi connectivity index (χ1n) is 5.46. The number of nitrogens with zero attached hydrogens (tertiary/aromatic N) is 3. The second-order valence-electron chi connectivity index (χ2n) is 3.58. The van der Waals surface area contributed by atoms with Gasteiger partial charge in [0.1, 0.15) is 5.75 Å². The molecule has 7 nitrogen and oxygen atoms in total. The highest BCUT2D eigenvalue weighted by Crippen LogP contribution is 2.22. The molecule has 1 aromatic heterocycles. The molecule has 0 atom stereocenters. The molecular weight excluding hydrogens is 298 g/mol. The number of carbonyl (C=O) groups is 1. The number of thioether (sulfide) groups is 1. The summed E-state index contributed by atoms with van der Waals surface area (Å²) < 4.78 is 0.634. The third-order valence-corrected chi connectivity index (χ3v) is 3.91. The van der Waals surface area contributed by atoms with Gasteiger partial charge in [0.25, 0.3) is 5.91 Å². The zero-order valence-electron chi connectivity index (χ0n) is 10.2. The number of hydrogen-bond acceptors (Lipinski definition) is 8. The van der Waals surface area contributed by atoms with Gasteiger partial charge < -0.3 is 10.8 Å². The van der Waals surface area contributed by atoms with Crippen LogP contribution in [0.15, 0.2) is 33.7 Å². The van der Waals surface area contributed by atoms with Gasteiger partial charge >= 0.3 is 0 Å². The van der Waals surface area contributed by atoms with Crippen LogP contribution in [0.25, 0.3) is 0 Å². The smallest absolute Gasteiger partial charge is 0.250 e. The minimum Gasteiger partial charge on any atom is -0.508 e. The van der Waals surface area contributed by atoms with Crippen molar-refractivity contribution in [2.24, 2.45) is 5.10 Å². The molecule has 104 valence electrons. The van der Waals surface area contributed by atoms with Gasteiger partial charge in [-0.3, -0.25) is 4.79 Å². The summed E-state index contributed by atoms with van der Waals surface area (Å²) in [6, 6.07) is 6.54. The SMILES string of the molecule is Nc1nnc(SCC(=O)NN=Cc2cccc(O)c2)s1. The van der Waals surface area contributed by atoms with Crippen molar-refractivity contribution in [2.45, 2.75) is 4.34 Å². The topological polar surface area (TPSA) is 113 Å². The number of nitrogens with one attached hydrogen (secondary N) is 1. The zero-order chi connectivity index (χ0) is 14.4. The van der Waals surface area contributed by atoms with Crippen molar-refractivity contribution in [3.05, 3.63) is 29.8 Å². The van der Waals surface area contributed by atoms with Gasteiger partial charge in [-0.2, -0.15) is 5.10 Å². The lowest BCUT2D eigenvalue weighted by Gasteiger charge is -1.97. The van der Waals surface area contributed by atoms with Crippen LogP contribution in [0.2, 0.25) is 0 Å². The first kappa shape index (κ1) is 14.3. The van der Waals surface area contributed by atoms with Crippen molar-refractivity contribution in [3.63, 3.8) is 0 Å². The number of nitrogen functional groups attached to an aromatic ring is 1. The Balaban J connectivity index is 1.77. The third kappa shape index (κ3) is 4.52. The van der Waals surface area contributed by atoms with Gasteiger partial charge in [0.2, 0.25) is 5.13 Å². The number of benzene rings is 1. The molecule has 0 aliphatic rings. The number of amides is 1. The third-order valence-electron chi connectivity index (χ3n) is 2.02. The number of aromatic hydroxyl groups is 1. The molecule has 0 radical (unpaired) electrons. The maximum Gasteiger partial charge on any atom is 0.250 e. The molecule has 2 aromatic rings. The average Bonchev–Trinajstić information content (AvgIpc) is 2.82. The van der Waals surface area contributed by atoms with E-state index >= 15 is 0 Å². The van der Waals surface area contributed by atoms with E-state index in [1.807, 2.05) is 0 Å². The summed E-state index contributed by atoms with van der Waals surface area (Å²) in [5.41, 5.74) is 8.50. The van der Waals surface area contributed by atoms with Crippen LogP contribution >= 0.6 is 23.1 Å². The predicted octanol–water partition coefficient (Wildman–Crippen LogP) is 1.07. The summed E-state index contributed by atoms with van der Waals surface area (Å²) in [5.74, 6) is 0.0521. The highest BCUT2D eigenvalue weighted by molar-refractivity contribution is 8.01. The van der Waals surface area contributed by atoms with Crippen LogP contribution in [-0.4, -0.2) is 33.2 Å². The molecule has 1 heterocycles. The highest BCUT2D eigenvalue weighted by Gasteiger charge is 2.05. The van der Waals surface area contributed by atoms with E-state index in [2.05, 4.69) is 20.7 Å². The Morgan fingerprint density at radius 1 is 1.55 bits per heavy atom. The van der Waals surface area contributed by atoms with E-state index in [9.17, 15) is 9.90 Å². The van der Waals surface area contributed by atoms with Gasteiger partial charge in [0, 0.05) is 0 Å². The van der Waals surface area contributed by atoms with Gasteiger partial charge in [0.15, 0.2) is 4.34 Å². The minimum atomic E-state index is -0.264. The van der Waals surface area contributed by atoms with Gasteiger partial charge in [-0.25, -0.2) is 5.43 Å². The summed E-state index contributed by atoms with van der Waals surface area (Å²) in [6.07, 6.45) is 1.45. The fourth-order valence-corrected chi connectivity index (χ4v) is 2.65. The number of carbonyl (C=O) groups excluding carboxylic acids is 1. The van der Waals surface area contributed by atoms with Gasteiger partial charge in [-0.1, -0.05) is 35.2 Å². The van der Waals surface area contributed by atoms with E-state index in [4.69, 9.17) is 5.73 Å². The quantitative estimate of drug-likeness (QED) is 0.432. The Labute approximate surface area is 122 Å². The van der Waals surface area contributed by atoms with Crippen molar-refractivity contribution in [3.8, 4) is 5.75 Å². The largest absolute Gasteiger partial charge is 0.508 e. The summed E-state index contributed by atoms with van der Waals surface area (Å²) >= 11 is 2.46. The van der Waals surface area contributed by atoms with Crippen LogP contribution < -0.4 is 11.2 Å². The van der Waals surface area contributed by atoms with E-state index in [0.29, 0.717) is 15.0 Å². The molecule has 0 spiro atoms. The van der Waals surface area contributed by atoms with E-state index < -0.39 is 0 Å². The standard InChI is InChI=1S/C11H11N5O2S2/c12-10-15-16-11(20-10)19-6-9(18)14-13-5-7-2-1-3-8(17)4-7/h1-5,17H,6H2,(H2,12,15)(H,14,18). The number of aromatic nitrogens is 2. The molecule has 0 aliphatic heterocycles. The van der Waals surface area contributed by atoms with Crippen molar-refractivity contribution in [1.29, 1.82) is 0 Å². The van der Waals surface area contributed by atoms with Crippen LogP contribution in [0.5, 0.6) is 5.75 Å². The number of hydrogen-bond donors (Lipinski definition) is 3. The van der Waals surface area contributed by atoms with Crippen LogP contribution in [0, 0.1) is 0 Å². The van der Waals surface area contributed by atoms with Gasteiger partial charge in [-0.15, -0.1) is 10.2 Å². The van der Waals surface area contributed by atoms with Gasteiger partial charge in [0.05, 0.1) is 12.0 Å². The Kier molecular flexibility index (Phi) is 4.91. The first-order valence-corrected chi connectivity index (χ1v) is 7.26. The lowest BCUT2D eigenvalue weighted by Crippen LogP contribution is -2.19. The van der Waals surface area contributed by atoms with E-state index in [-0.39, 0.29) is 17.4 Å². The van der Waals surface area contributed by atoms with Crippen LogP contribution in [0.1, 0.15) is 5.56 Å². The molecule has 1 amide bonds. The summed E-state index contributed by atoms with van der Waals surface area (Å²) in [5, 5.41) is 20.9. The van der Waals surface area contributed by atoms with Crippen LogP contribution in [-0.2, 0) is 4.79 Å². The Morgan fingerprint density at radius 2 is 2.40 bits per heavy atom. The molecule has 0 unspecified atom stereocenters. The fraction of sp³-hybridized carbons (Fsp3) is 0.0909. The van der Waals surface area contributed by atoms with Crippen molar-refractivity contribution < 1.29 is 9.90 Å². The second-order valence-corrected chi connectivity index (χ2v) is 5.81. The van der Waals surface area contributed by atoms with Crippen LogP contribution in [0.3, 0.4) is 0 Å². The molecule has 4 N–H and O–H groups in total. The average molecular weight is 309 g/mol. The predicted molar refractivity (Wildman–Crippen MR) is 78.9 cm³/mol. The highest BCUT2D eigenvalue weighted by atomic mass is 32.2. The molecule has 0 saturated carbocycles. The molecular formula is C11H11N5O2S2. The maximum atomic E-state index is 11.5. The molecule has 0 fully saturated rings. The number of rotatable bonds is 5. The number of anilines is 1. The lowest BCUT2D eigenvalue weighted by molar-refractivity contribution is -0.118. The number of phenols is 1. The van der Waals surface area contributed by atoms with E-state index in [1.165, 1.54) is 35.4 Å². The number of phenolic OH excluding ortho intramolecular Hbond substituents is 1. The molecule has 20 heavy (non-hydrogen) atoms. The Bertz CT molecular complexity index is 629. The monoisotopic (exact) mass is 309 g/mol. The summed E-state index contributed by atoms with van der Waals surface area (Å²) in [7, 11) is 0. The maximum absolute atomic E-state index is 11.5. The summed E-state index contributed by atoms with van der Waals surface area (Å²) in [6.45, 7) is 0. The first-order chi connectivity index (χ1) is 9.63. The lowest BCUT2D eigenvalue weighted by atomic mass is 10.2. The normalized spacial score (nSPS) is 10.8. The van der Waals surface area contributed by atoms with E-state index in [0.717, 1.165) is 0 Å². The molecule has 0 saturated heterocycles. The molecule has 1 aromatic carbocycles. The Morgan fingerprint density at radius 3 is 3.10 bits per heavy atom. The second kappa shape index (κ2) is 6.87.